The van der Waals surface area contributed by atoms with Gasteiger partial charge in [-0.1, -0.05) is 60.7 Å². The van der Waals surface area contributed by atoms with Gasteiger partial charge in [0.1, 0.15) is 0 Å². The van der Waals surface area contributed by atoms with E-state index in [2.05, 4.69) is 79.2 Å². The van der Waals surface area contributed by atoms with E-state index in [4.69, 9.17) is 0 Å². The van der Waals surface area contributed by atoms with Crippen molar-refractivity contribution >= 4 is 21.5 Å². The number of hydrogen-bond donors (Lipinski definition) is 0. The molecule has 0 saturated carbocycles. The van der Waals surface area contributed by atoms with E-state index in [1.807, 2.05) is 0 Å². The van der Waals surface area contributed by atoms with Crippen molar-refractivity contribution in [3.05, 3.63) is 90.3 Å². The van der Waals surface area contributed by atoms with Gasteiger partial charge < -0.3 is 0 Å². The molecule has 0 heteroatoms. The van der Waals surface area contributed by atoms with E-state index >= 15 is 0 Å². The molecule has 4 aromatic carbocycles. The molecule has 1 aliphatic carbocycles. The third kappa shape index (κ3) is 1.45. The summed E-state index contributed by atoms with van der Waals surface area (Å²) in [4.78, 5) is 0. The molecule has 0 nitrogen and oxygen atoms in total. The molecule has 0 aromatic heterocycles. The van der Waals surface area contributed by atoms with Gasteiger partial charge in [0.05, 0.1) is 0 Å². The van der Waals surface area contributed by atoms with Crippen LogP contribution in [-0.4, -0.2) is 0 Å². The monoisotopic (exact) mass is 264 g/mol. The Bertz CT molecular complexity index is 926. The highest BCUT2D eigenvalue weighted by Gasteiger charge is 2.22. The maximum absolute atomic E-state index is 3.45. The molecular weight excluding hydrogens is 252 g/mol. The van der Waals surface area contributed by atoms with Crippen molar-refractivity contribution < 1.29 is 0 Å². The molecular formula is C21H12. The van der Waals surface area contributed by atoms with Crippen molar-refractivity contribution in [3.63, 3.8) is 0 Å². The van der Waals surface area contributed by atoms with E-state index in [-0.39, 0.29) is 0 Å². The minimum absolute atomic E-state index is 1.21. The first-order chi connectivity index (χ1) is 10.4. The maximum Gasteiger partial charge on any atom is 0.0218 e. The molecule has 1 aliphatic rings. The molecule has 0 fully saturated rings. The Morgan fingerprint density at radius 3 is 2.19 bits per heavy atom. The lowest BCUT2D eigenvalue weighted by Gasteiger charge is -2.09. The Kier molecular flexibility index (Phi) is 2.09. The quantitative estimate of drug-likeness (QED) is 0.352. The van der Waals surface area contributed by atoms with Crippen molar-refractivity contribution in [2.45, 2.75) is 0 Å². The Morgan fingerprint density at radius 2 is 1.33 bits per heavy atom. The number of fused-ring (bicyclic) bond motifs is 7. The van der Waals surface area contributed by atoms with Gasteiger partial charge >= 0.3 is 0 Å². The normalized spacial score (nSPS) is 12.6. The van der Waals surface area contributed by atoms with Crippen LogP contribution in [0.15, 0.2) is 66.7 Å². The predicted molar refractivity (Wildman–Crippen MR) is 88.2 cm³/mol. The Morgan fingerprint density at radius 1 is 0.619 bits per heavy atom. The van der Waals surface area contributed by atoms with Crippen LogP contribution < -0.4 is 0 Å². The first-order valence-electron chi connectivity index (χ1n) is 7.22. The molecule has 0 heterocycles. The lowest BCUT2D eigenvalue weighted by atomic mass is 9.94. The van der Waals surface area contributed by atoms with Crippen molar-refractivity contribution in [2.24, 2.45) is 0 Å². The summed E-state index contributed by atoms with van der Waals surface area (Å²) >= 11 is 0. The van der Waals surface area contributed by atoms with Gasteiger partial charge in [0, 0.05) is 6.42 Å². The standard InChI is InChI=1S/C21H12/c1-3-7-18-14(5-1)9-11-16-13-17-12-10-15-6-2-4-8-19(15)21(17)20(16)18/h1-11,13H. The van der Waals surface area contributed by atoms with Crippen LogP contribution in [0.5, 0.6) is 0 Å². The van der Waals surface area contributed by atoms with E-state index in [9.17, 15) is 0 Å². The molecule has 0 unspecified atom stereocenters. The highest BCUT2D eigenvalue weighted by Crippen LogP contribution is 2.45. The second-order valence-corrected chi connectivity index (χ2v) is 5.56. The van der Waals surface area contributed by atoms with Crippen LogP contribution in [0.3, 0.4) is 0 Å². The molecule has 0 bridgehead atoms. The molecule has 0 spiro atoms. The zero-order valence-electron chi connectivity index (χ0n) is 11.4. The van der Waals surface area contributed by atoms with Crippen molar-refractivity contribution in [1.29, 1.82) is 0 Å². The van der Waals surface area contributed by atoms with Gasteiger partial charge in [0.25, 0.3) is 0 Å². The maximum atomic E-state index is 3.45. The lowest BCUT2D eigenvalue weighted by molar-refractivity contribution is 1.55. The minimum atomic E-state index is 1.21. The molecule has 5 rings (SSSR count). The van der Waals surface area contributed by atoms with E-state index < -0.39 is 0 Å². The topological polar surface area (TPSA) is 0 Å². The summed E-state index contributed by atoms with van der Waals surface area (Å²) < 4.78 is 0. The first kappa shape index (κ1) is 11.1. The van der Waals surface area contributed by atoms with Crippen LogP contribution in [0.1, 0.15) is 11.1 Å². The fraction of sp³-hybridized carbons (Fsp3) is 0. The minimum Gasteiger partial charge on any atom is -0.0616 e. The van der Waals surface area contributed by atoms with Crippen LogP contribution >= 0.6 is 0 Å². The van der Waals surface area contributed by atoms with Crippen LogP contribution in [0.2, 0.25) is 0 Å². The zero-order valence-corrected chi connectivity index (χ0v) is 11.4. The fourth-order valence-electron chi connectivity index (χ4n) is 3.45. The Hall–Kier alpha value is -2.60. The smallest absolute Gasteiger partial charge is 0.0218 e. The highest BCUT2D eigenvalue weighted by molar-refractivity contribution is 6.10. The van der Waals surface area contributed by atoms with E-state index in [1.165, 1.54) is 43.8 Å². The van der Waals surface area contributed by atoms with Gasteiger partial charge in [0.2, 0.25) is 0 Å². The second kappa shape index (κ2) is 3.95. The van der Waals surface area contributed by atoms with Crippen molar-refractivity contribution in [3.8, 4) is 11.1 Å². The molecule has 0 N–H and O–H groups in total. The molecule has 0 aliphatic heterocycles. The van der Waals surface area contributed by atoms with Gasteiger partial charge in [-0.05, 0) is 55.9 Å². The SMILES string of the molecule is [c]1cc2ccccc2c2c1[CH]c1ccc3ccccc3c1-2. The summed E-state index contributed by atoms with van der Waals surface area (Å²) in [6, 6.07) is 27.2. The molecule has 4 aromatic rings. The van der Waals surface area contributed by atoms with E-state index in [0.717, 1.165) is 0 Å². The fourth-order valence-corrected chi connectivity index (χ4v) is 3.45. The van der Waals surface area contributed by atoms with E-state index in [1.54, 1.807) is 0 Å². The van der Waals surface area contributed by atoms with Gasteiger partial charge in [-0.15, -0.1) is 0 Å². The van der Waals surface area contributed by atoms with Crippen LogP contribution in [0.4, 0.5) is 0 Å². The molecule has 0 atom stereocenters. The van der Waals surface area contributed by atoms with Crippen LogP contribution in [-0.2, 0) is 0 Å². The van der Waals surface area contributed by atoms with Gasteiger partial charge in [-0.3, -0.25) is 0 Å². The third-order valence-electron chi connectivity index (χ3n) is 4.39. The molecule has 21 heavy (non-hydrogen) atoms. The Balaban J connectivity index is 2.00. The molecule has 0 saturated heterocycles. The second-order valence-electron chi connectivity index (χ2n) is 5.56. The summed E-state index contributed by atoms with van der Waals surface area (Å²) in [7, 11) is 0. The third-order valence-corrected chi connectivity index (χ3v) is 4.39. The molecule has 2 radical (unpaired) electrons. The number of hydrogen-bond acceptors (Lipinski definition) is 0. The summed E-state index contributed by atoms with van der Waals surface area (Å²) in [6.45, 7) is 0. The summed E-state index contributed by atoms with van der Waals surface area (Å²) in [5.41, 5.74) is 5.20. The lowest BCUT2D eigenvalue weighted by Crippen LogP contribution is -1.84. The van der Waals surface area contributed by atoms with Gasteiger partial charge in [-0.25, -0.2) is 0 Å². The average Bonchev–Trinajstić information content (AvgIpc) is 2.94. The van der Waals surface area contributed by atoms with Crippen molar-refractivity contribution in [1.82, 2.24) is 0 Å². The average molecular weight is 264 g/mol. The zero-order chi connectivity index (χ0) is 13.8. The summed E-state index contributed by atoms with van der Waals surface area (Å²) in [5, 5.41) is 5.20. The van der Waals surface area contributed by atoms with Gasteiger partial charge in [-0.2, -0.15) is 0 Å². The number of benzene rings is 4. The van der Waals surface area contributed by atoms with Gasteiger partial charge in [0.15, 0.2) is 0 Å². The highest BCUT2D eigenvalue weighted by atomic mass is 14.3. The van der Waals surface area contributed by atoms with Crippen LogP contribution in [0, 0.1) is 12.5 Å². The molecule has 0 amide bonds. The summed E-state index contributed by atoms with van der Waals surface area (Å²) in [6.07, 6.45) is 2.25. The predicted octanol–water partition coefficient (Wildman–Crippen LogP) is 5.37. The number of rotatable bonds is 0. The Labute approximate surface area is 123 Å². The van der Waals surface area contributed by atoms with Crippen molar-refractivity contribution in [2.75, 3.05) is 0 Å². The summed E-state index contributed by atoms with van der Waals surface area (Å²) in [5.74, 6) is 0. The first-order valence-corrected chi connectivity index (χ1v) is 7.22. The largest absolute Gasteiger partial charge is 0.0616 e. The van der Waals surface area contributed by atoms with E-state index in [0.29, 0.717) is 0 Å². The molecule has 96 valence electrons. The van der Waals surface area contributed by atoms with Crippen LogP contribution in [0.25, 0.3) is 32.7 Å².